The van der Waals surface area contributed by atoms with E-state index in [0.717, 1.165) is 69.3 Å². The average Bonchev–Trinajstić information content (AvgIpc) is 3.35. The number of pyridine rings is 1. The van der Waals surface area contributed by atoms with Gasteiger partial charge in [-0.2, -0.15) is 0 Å². The van der Waals surface area contributed by atoms with Crippen molar-refractivity contribution in [1.29, 1.82) is 0 Å². The smallest absolute Gasteiger partial charge is 0.323 e. The van der Waals surface area contributed by atoms with Crippen LogP contribution in [0.2, 0.25) is 0 Å². The molecule has 4 bridgehead atoms. The number of amides is 2. The van der Waals surface area contributed by atoms with Gasteiger partial charge >= 0.3 is 6.03 Å². The fourth-order valence-electron chi connectivity index (χ4n) is 6.25. The van der Waals surface area contributed by atoms with Crippen molar-refractivity contribution in [1.82, 2.24) is 15.0 Å². The van der Waals surface area contributed by atoms with Crippen LogP contribution in [0.4, 0.5) is 27.8 Å². The van der Waals surface area contributed by atoms with Crippen LogP contribution in [0.5, 0.6) is 0 Å². The van der Waals surface area contributed by atoms with Gasteiger partial charge in [-0.25, -0.2) is 14.8 Å². The number of hydrogen-bond acceptors (Lipinski definition) is 8. The molecule has 2 amide bonds. The first-order valence-electron chi connectivity index (χ1n) is 13.4. The molecular formula is C28H31N7O3. The number of anilines is 4. The minimum atomic E-state index is -0.322. The Morgan fingerprint density at radius 2 is 1.32 bits per heavy atom. The minimum absolute atomic E-state index is 0.322. The first kappa shape index (κ1) is 23.4. The number of morpholine rings is 2. The van der Waals surface area contributed by atoms with Crippen molar-refractivity contribution >= 4 is 29.0 Å². The zero-order valence-electron chi connectivity index (χ0n) is 21.1. The molecule has 4 unspecified atom stereocenters. The predicted octanol–water partition coefficient (Wildman–Crippen LogP) is 3.92. The lowest BCUT2D eigenvalue weighted by Gasteiger charge is -2.38. The lowest BCUT2D eigenvalue weighted by molar-refractivity contribution is 0.0894. The Morgan fingerprint density at radius 1 is 0.763 bits per heavy atom. The fraction of sp³-hybridized carbons (Fsp3) is 0.429. The van der Waals surface area contributed by atoms with Gasteiger partial charge in [0.1, 0.15) is 11.6 Å². The van der Waals surface area contributed by atoms with Crippen molar-refractivity contribution in [3.8, 4) is 11.4 Å². The highest BCUT2D eigenvalue weighted by Gasteiger charge is 2.41. The van der Waals surface area contributed by atoms with Gasteiger partial charge in [0.05, 0.1) is 62.5 Å². The van der Waals surface area contributed by atoms with E-state index < -0.39 is 0 Å². The van der Waals surface area contributed by atoms with E-state index >= 15 is 0 Å². The second kappa shape index (κ2) is 9.85. The van der Waals surface area contributed by atoms with Gasteiger partial charge in [0.2, 0.25) is 0 Å². The van der Waals surface area contributed by atoms with E-state index in [1.165, 1.54) is 0 Å². The number of carbonyl (C=O) groups is 1. The van der Waals surface area contributed by atoms with Crippen molar-refractivity contribution in [3.05, 3.63) is 54.9 Å². The Bertz CT molecular complexity index is 1230. The van der Waals surface area contributed by atoms with Gasteiger partial charge in [0, 0.05) is 23.5 Å². The number of ether oxygens (including phenoxy) is 2. The summed E-state index contributed by atoms with van der Waals surface area (Å²) in [7, 11) is 0. The van der Waals surface area contributed by atoms with E-state index in [0.29, 0.717) is 41.4 Å². The van der Waals surface area contributed by atoms with Crippen LogP contribution < -0.4 is 20.4 Å². The summed E-state index contributed by atoms with van der Waals surface area (Å²) < 4.78 is 11.7. The third-order valence-corrected chi connectivity index (χ3v) is 8.03. The van der Waals surface area contributed by atoms with Crippen molar-refractivity contribution in [2.45, 2.75) is 49.9 Å². The molecule has 6 heterocycles. The normalized spacial score (nSPS) is 25.9. The van der Waals surface area contributed by atoms with Crippen molar-refractivity contribution in [2.75, 3.05) is 46.9 Å². The van der Waals surface area contributed by atoms with E-state index in [9.17, 15) is 4.79 Å². The largest absolute Gasteiger partial charge is 0.377 e. The summed E-state index contributed by atoms with van der Waals surface area (Å²) in [5.74, 6) is 2.65. The minimum Gasteiger partial charge on any atom is -0.377 e. The quantitative estimate of drug-likeness (QED) is 0.529. The van der Waals surface area contributed by atoms with Crippen LogP contribution in [0.15, 0.2) is 54.9 Å². The van der Waals surface area contributed by atoms with E-state index in [4.69, 9.17) is 19.4 Å². The molecule has 7 rings (SSSR count). The van der Waals surface area contributed by atoms with Gasteiger partial charge in [-0.3, -0.25) is 4.98 Å². The molecule has 4 atom stereocenters. The summed E-state index contributed by atoms with van der Waals surface area (Å²) in [5, 5.41) is 5.66. The summed E-state index contributed by atoms with van der Waals surface area (Å²) in [5.41, 5.74) is 2.23. The molecule has 38 heavy (non-hydrogen) atoms. The van der Waals surface area contributed by atoms with Gasteiger partial charge in [0.25, 0.3) is 0 Å². The monoisotopic (exact) mass is 513 g/mol. The third kappa shape index (κ3) is 4.43. The molecule has 196 valence electrons. The number of rotatable bonds is 5. The van der Waals surface area contributed by atoms with Crippen molar-refractivity contribution in [3.63, 3.8) is 0 Å². The van der Waals surface area contributed by atoms with Crippen LogP contribution in [0.1, 0.15) is 25.7 Å². The summed E-state index contributed by atoms with van der Waals surface area (Å²) in [6, 6.07) is 14.5. The van der Waals surface area contributed by atoms with E-state index in [1.807, 2.05) is 24.3 Å². The van der Waals surface area contributed by atoms with Crippen LogP contribution in [0.3, 0.4) is 0 Å². The van der Waals surface area contributed by atoms with E-state index in [-0.39, 0.29) is 6.03 Å². The molecule has 0 aliphatic carbocycles. The van der Waals surface area contributed by atoms with E-state index in [1.54, 1.807) is 24.5 Å². The molecule has 2 aromatic heterocycles. The van der Waals surface area contributed by atoms with Crippen LogP contribution >= 0.6 is 0 Å². The topological polar surface area (TPSA) is 105 Å². The van der Waals surface area contributed by atoms with Crippen LogP contribution in [0, 0.1) is 0 Å². The summed E-state index contributed by atoms with van der Waals surface area (Å²) in [4.78, 5) is 31.5. The van der Waals surface area contributed by atoms with Crippen molar-refractivity contribution in [2.24, 2.45) is 0 Å². The predicted molar refractivity (Wildman–Crippen MR) is 145 cm³/mol. The van der Waals surface area contributed by atoms with Gasteiger partial charge in [-0.05, 0) is 62.1 Å². The highest BCUT2D eigenvalue weighted by Crippen LogP contribution is 2.39. The Balaban J connectivity index is 1.18. The molecule has 2 N–H and O–H groups in total. The number of nitrogens with zero attached hydrogens (tertiary/aromatic N) is 5. The Kier molecular flexibility index (Phi) is 6.05. The molecule has 10 nitrogen and oxygen atoms in total. The van der Waals surface area contributed by atoms with Gasteiger partial charge < -0.3 is 29.9 Å². The molecule has 4 saturated heterocycles. The SMILES string of the molecule is O=C(Nc1ccc(-c2nc(N3C4CCC3COC4)cc(N3C4CCC3COC4)n2)cc1)Nc1cccnc1. The van der Waals surface area contributed by atoms with Crippen LogP contribution in [0.25, 0.3) is 11.4 Å². The second-order valence-corrected chi connectivity index (χ2v) is 10.5. The number of urea groups is 1. The molecule has 10 heteroatoms. The molecule has 4 aliphatic heterocycles. The molecule has 0 spiro atoms. The number of carbonyl (C=O) groups excluding carboxylic acids is 1. The maximum absolute atomic E-state index is 12.4. The van der Waals surface area contributed by atoms with Crippen molar-refractivity contribution < 1.29 is 14.3 Å². The average molecular weight is 514 g/mol. The summed E-state index contributed by atoms with van der Waals surface area (Å²) in [6.45, 7) is 2.98. The molecule has 3 aromatic rings. The molecule has 1 aromatic carbocycles. The van der Waals surface area contributed by atoms with Gasteiger partial charge in [0.15, 0.2) is 5.82 Å². The number of nitrogens with one attached hydrogen (secondary N) is 2. The standard InChI is InChI=1S/C28H31N7O3/c36-28(31-20-2-1-11-29-13-20)30-19-5-3-18(4-6-19)27-32-25(34-21-7-8-22(34)15-37-14-21)12-26(33-27)35-23-9-10-24(35)17-38-16-23/h1-6,11-13,21-24H,7-10,14-17H2,(H2,30,31,36). The van der Waals surface area contributed by atoms with Gasteiger partial charge in [-0.15, -0.1) is 0 Å². The molecule has 0 radical (unpaired) electrons. The maximum Gasteiger partial charge on any atom is 0.323 e. The van der Waals surface area contributed by atoms with Crippen LogP contribution in [-0.2, 0) is 9.47 Å². The highest BCUT2D eigenvalue weighted by molar-refractivity contribution is 5.99. The molecule has 4 fully saturated rings. The summed E-state index contributed by atoms with van der Waals surface area (Å²) in [6.07, 6.45) is 7.78. The first-order chi connectivity index (χ1) is 18.7. The fourth-order valence-corrected chi connectivity index (χ4v) is 6.25. The van der Waals surface area contributed by atoms with Gasteiger partial charge in [-0.1, -0.05) is 0 Å². The Morgan fingerprint density at radius 3 is 1.84 bits per heavy atom. The zero-order chi connectivity index (χ0) is 25.5. The zero-order valence-corrected chi connectivity index (χ0v) is 21.1. The Hall–Kier alpha value is -3.76. The number of hydrogen-bond donors (Lipinski definition) is 2. The van der Waals surface area contributed by atoms with E-state index in [2.05, 4.69) is 31.5 Å². The number of aromatic nitrogens is 3. The number of fused-ring (bicyclic) bond motifs is 4. The van der Waals surface area contributed by atoms with Crippen LogP contribution in [-0.4, -0.2) is 71.6 Å². The Labute approximate surface area is 221 Å². The molecule has 0 saturated carbocycles. The lowest BCUT2D eigenvalue weighted by Crippen LogP contribution is -2.48. The molecule has 4 aliphatic rings. The highest BCUT2D eigenvalue weighted by atomic mass is 16.5. The number of benzene rings is 1. The molecular weight excluding hydrogens is 482 g/mol. The first-order valence-corrected chi connectivity index (χ1v) is 13.4. The summed E-state index contributed by atoms with van der Waals surface area (Å²) >= 11 is 0. The lowest BCUT2D eigenvalue weighted by atomic mass is 10.1. The third-order valence-electron chi connectivity index (χ3n) is 8.03. The maximum atomic E-state index is 12.4. The second-order valence-electron chi connectivity index (χ2n) is 10.5.